The van der Waals surface area contributed by atoms with Crippen LogP contribution in [0.3, 0.4) is 0 Å². The molecule has 102 valence electrons. The molecular formula is C14H26N4. The third-order valence-electron chi connectivity index (χ3n) is 3.66. The Morgan fingerprint density at radius 3 is 2.67 bits per heavy atom. The van der Waals surface area contributed by atoms with Gasteiger partial charge in [0.25, 0.3) is 0 Å². The Kier molecular flexibility index (Phi) is 4.40. The molecule has 4 heteroatoms. The summed E-state index contributed by atoms with van der Waals surface area (Å²) in [7, 11) is 0. The van der Waals surface area contributed by atoms with E-state index in [1.54, 1.807) is 0 Å². The van der Waals surface area contributed by atoms with Crippen molar-refractivity contribution >= 4 is 0 Å². The zero-order valence-electron chi connectivity index (χ0n) is 11.8. The molecule has 1 heterocycles. The molecule has 0 aliphatic heterocycles. The van der Waals surface area contributed by atoms with E-state index in [-0.39, 0.29) is 0 Å². The summed E-state index contributed by atoms with van der Waals surface area (Å²) in [6.07, 6.45) is 7.99. The topological polar surface area (TPSA) is 47.1 Å². The van der Waals surface area contributed by atoms with Crippen LogP contribution < -0.4 is 5.73 Å². The van der Waals surface area contributed by atoms with Crippen molar-refractivity contribution in [3.05, 3.63) is 18.0 Å². The molecule has 1 unspecified atom stereocenters. The lowest BCUT2D eigenvalue weighted by atomic mass is 10.1. The Morgan fingerprint density at radius 1 is 1.50 bits per heavy atom. The SMILES string of the molecule is CCCN(C1CC1)C(CN)c1cnn(C(C)C)c1. The number of nitrogens with two attached hydrogens (primary N) is 1. The van der Waals surface area contributed by atoms with Crippen LogP contribution in [0, 0.1) is 0 Å². The van der Waals surface area contributed by atoms with Gasteiger partial charge in [0.2, 0.25) is 0 Å². The molecule has 1 aromatic rings. The highest BCUT2D eigenvalue weighted by atomic mass is 15.3. The molecule has 2 rings (SSSR count). The van der Waals surface area contributed by atoms with Gasteiger partial charge in [0.05, 0.1) is 12.2 Å². The Bertz CT molecular complexity index is 368. The molecular weight excluding hydrogens is 224 g/mol. The van der Waals surface area contributed by atoms with Gasteiger partial charge in [0, 0.05) is 30.4 Å². The van der Waals surface area contributed by atoms with Crippen molar-refractivity contribution in [2.24, 2.45) is 5.73 Å². The third kappa shape index (κ3) is 2.93. The Balaban J connectivity index is 2.14. The summed E-state index contributed by atoms with van der Waals surface area (Å²) in [4.78, 5) is 2.57. The summed E-state index contributed by atoms with van der Waals surface area (Å²) >= 11 is 0. The maximum Gasteiger partial charge on any atom is 0.0538 e. The monoisotopic (exact) mass is 250 g/mol. The minimum Gasteiger partial charge on any atom is -0.329 e. The molecule has 18 heavy (non-hydrogen) atoms. The molecule has 0 spiro atoms. The first-order valence-electron chi connectivity index (χ1n) is 7.17. The summed E-state index contributed by atoms with van der Waals surface area (Å²) in [6.45, 7) is 8.36. The molecule has 1 atom stereocenters. The van der Waals surface area contributed by atoms with E-state index >= 15 is 0 Å². The minimum absolute atomic E-state index is 0.338. The van der Waals surface area contributed by atoms with E-state index in [2.05, 4.69) is 37.0 Å². The van der Waals surface area contributed by atoms with Crippen LogP contribution in [0.4, 0.5) is 0 Å². The van der Waals surface area contributed by atoms with Crippen LogP contribution in [0.15, 0.2) is 12.4 Å². The summed E-state index contributed by atoms with van der Waals surface area (Å²) in [5, 5.41) is 4.44. The van der Waals surface area contributed by atoms with E-state index in [4.69, 9.17) is 5.73 Å². The Labute approximate surface area is 110 Å². The molecule has 2 N–H and O–H groups in total. The van der Waals surface area contributed by atoms with Gasteiger partial charge >= 0.3 is 0 Å². The average Bonchev–Trinajstić information content (AvgIpc) is 3.07. The molecule has 0 aromatic carbocycles. The van der Waals surface area contributed by atoms with E-state index in [9.17, 15) is 0 Å². The van der Waals surface area contributed by atoms with Crippen LogP contribution in [-0.4, -0.2) is 33.8 Å². The van der Waals surface area contributed by atoms with Crippen LogP contribution in [0.5, 0.6) is 0 Å². The molecule has 0 bridgehead atoms. The van der Waals surface area contributed by atoms with Crippen LogP contribution >= 0.6 is 0 Å². The lowest BCUT2D eigenvalue weighted by molar-refractivity contribution is 0.191. The van der Waals surface area contributed by atoms with Crippen LogP contribution in [0.1, 0.15) is 57.7 Å². The van der Waals surface area contributed by atoms with E-state index < -0.39 is 0 Å². The van der Waals surface area contributed by atoms with Crippen molar-refractivity contribution in [2.75, 3.05) is 13.1 Å². The number of hydrogen-bond acceptors (Lipinski definition) is 3. The summed E-state index contributed by atoms with van der Waals surface area (Å²) in [6, 6.07) is 1.50. The van der Waals surface area contributed by atoms with E-state index in [1.165, 1.54) is 24.8 Å². The summed E-state index contributed by atoms with van der Waals surface area (Å²) in [5.74, 6) is 0. The van der Waals surface area contributed by atoms with Crippen molar-refractivity contribution in [1.29, 1.82) is 0 Å². The zero-order valence-corrected chi connectivity index (χ0v) is 11.8. The molecule has 1 aromatic heterocycles. The maximum atomic E-state index is 6.01. The standard InChI is InChI=1S/C14H26N4/c1-4-7-17(13-5-6-13)14(8-15)12-9-16-18(10-12)11(2)3/h9-11,13-14H,4-8,15H2,1-3H3. The predicted molar refractivity (Wildman–Crippen MR) is 74.4 cm³/mol. The van der Waals surface area contributed by atoms with Crippen molar-refractivity contribution in [3.63, 3.8) is 0 Å². The molecule has 4 nitrogen and oxygen atoms in total. The quantitative estimate of drug-likeness (QED) is 0.808. The fourth-order valence-corrected chi connectivity index (χ4v) is 2.53. The summed E-state index contributed by atoms with van der Waals surface area (Å²) in [5.41, 5.74) is 7.28. The number of aromatic nitrogens is 2. The van der Waals surface area contributed by atoms with Gasteiger partial charge in [-0.05, 0) is 39.7 Å². The maximum absolute atomic E-state index is 6.01. The van der Waals surface area contributed by atoms with E-state index in [0.29, 0.717) is 18.6 Å². The first-order valence-corrected chi connectivity index (χ1v) is 7.17. The van der Waals surface area contributed by atoms with Crippen LogP contribution in [0.2, 0.25) is 0 Å². The fraction of sp³-hybridized carbons (Fsp3) is 0.786. The van der Waals surface area contributed by atoms with Gasteiger partial charge < -0.3 is 5.73 Å². The van der Waals surface area contributed by atoms with Crippen LogP contribution in [0.25, 0.3) is 0 Å². The highest BCUT2D eigenvalue weighted by molar-refractivity contribution is 5.13. The molecule has 0 radical (unpaired) electrons. The summed E-state index contributed by atoms with van der Waals surface area (Å²) < 4.78 is 2.02. The Hall–Kier alpha value is -0.870. The average molecular weight is 250 g/mol. The number of nitrogens with zero attached hydrogens (tertiary/aromatic N) is 3. The molecule has 0 amide bonds. The lowest BCUT2D eigenvalue weighted by Gasteiger charge is -2.30. The molecule has 1 saturated carbocycles. The first-order chi connectivity index (χ1) is 8.67. The second-order valence-electron chi connectivity index (χ2n) is 5.57. The fourth-order valence-electron chi connectivity index (χ4n) is 2.53. The van der Waals surface area contributed by atoms with Gasteiger partial charge in [0.1, 0.15) is 0 Å². The highest BCUT2D eigenvalue weighted by Crippen LogP contribution is 2.34. The van der Waals surface area contributed by atoms with Gasteiger partial charge in [-0.3, -0.25) is 9.58 Å². The lowest BCUT2D eigenvalue weighted by Crippen LogP contribution is -2.36. The predicted octanol–water partition coefficient (Wildman–Crippen LogP) is 2.34. The smallest absolute Gasteiger partial charge is 0.0538 e. The number of hydrogen-bond donors (Lipinski definition) is 1. The van der Waals surface area contributed by atoms with E-state index in [1.807, 2.05) is 10.9 Å². The van der Waals surface area contributed by atoms with E-state index in [0.717, 1.165) is 12.6 Å². The molecule has 1 aliphatic rings. The normalized spacial score (nSPS) is 17.7. The van der Waals surface area contributed by atoms with Crippen molar-refractivity contribution in [2.45, 2.75) is 58.2 Å². The van der Waals surface area contributed by atoms with Crippen molar-refractivity contribution in [1.82, 2.24) is 14.7 Å². The van der Waals surface area contributed by atoms with Gasteiger partial charge in [-0.2, -0.15) is 5.10 Å². The Morgan fingerprint density at radius 2 is 2.22 bits per heavy atom. The van der Waals surface area contributed by atoms with Gasteiger partial charge in [0.15, 0.2) is 0 Å². The van der Waals surface area contributed by atoms with Gasteiger partial charge in [-0.25, -0.2) is 0 Å². The second-order valence-corrected chi connectivity index (χ2v) is 5.57. The largest absolute Gasteiger partial charge is 0.329 e. The number of rotatable bonds is 7. The van der Waals surface area contributed by atoms with Gasteiger partial charge in [-0.1, -0.05) is 6.92 Å². The molecule has 0 saturated heterocycles. The highest BCUT2D eigenvalue weighted by Gasteiger charge is 2.33. The second kappa shape index (κ2) is 5.85. The van der Waals surface area contributed by atoms with Crippen LogP contribution in [-0.2, 0) is 0 Å². The molecule has 1 aliphatic carbocycles. The minimum atomic E-state index is 0.338. The van der Waals surface area contributed by atoms with Crippen molar-refractivity contribution < 1.29 is 0 Å². The zero-order chi connectivity index (χ0) is 13.1. The molecule has 1 fully saturated rings. The third-order valence-corrected chi connectivity index (χ3v) is 3.66. The van der Waals surface area contributed by atoms with Gasteiger partial charge in [-0.15, -0.1) is 0 Å². The first kappa shape index (κ1) is 13.6. The van der Waals surface area contributed by atoms with Crippen molar-refractivity contribution in [3.8, 4) is 0 Å².